The summed E-state index contributed by atoms with van der Waals surface area (Å²) in [5.74, 6) is 2.35. The molecule has 0 aliphatic heterocycles. The van der Waals surface area contributed by atoms with Crippen molar-refractivity contribution in [3.8, 4) is 11.5 Å². The number of aromatic nitrogens is 2. The van der Waals surface area contributed by atoms with Gasteiger partial charge in [0, 0.05) is 30.0 Å². The summed E-state index contributed by atoms with van der Waals surface area (Å²) in [5.41, 5.74) is 2.99. The molecule has 0 atom stereocenters. The van der Waals surface area contributed by atoms with E-state index in [1.165, 1.54) is 0 Å². The molecule has 0 bridgehead atoms. The number of thioether (sulfide) groups is 1. The maximum absolute atomic E-state index is 6.12. The molecule has 5 nitrogen and oxygen atoms in total. The lowest BCUT2D eigenvalue weighted by molar-refractivity contribution is 0.186. The molecule has 0 N–H and O–H groups in total. The molecule has 0 fully saturated rings. The maximum atomic E-state index is 6.12. The first-order valence-corrected chi connectivity index (χ1v) is 9.51. The topological polar surface area (TPSA) is 45.5 Å². The molecule has 1 heterocycles. The van der Waals surface area contributed by atoms with Gasteiger partial charge in [-0.25, -0.2) is 4.98 Å². The summed E-state index contributed by atoms with van der Waals surface area (Å²) in [6.45, 7) is 1.34. The van der Waals surface area contributed by atoms with Crippen molar-refractivity contribution in [3.05, 3.63) is 47.0 Å². The lowest BCUT2D eigenvalue weighted by atomic mass is 10.2. The number of benzene rings is 2. The van der Waals surface area contributed by atoms with Crippen LogP contribution in [0.25, 0.3) is 11.0 Å². The predicted molar refractivity (Wildman–Crippen MR) is 106 cm³/mol. The van der Waals surface area contributed by atoms with Crippen molar-refractivity contribution in [3.63, 3.8) is 0 Å². The van der Waals surface area contributed by atoms with Crippen LogP contribution in [0.4, 0.5) is 0 Å². The minimum atomic E-state index is 0.615. The number of nitrogens with zero attached hydrogens (tertiary/aromatic N) is 2. The van der Waals surface area contributed by atoms with Crippen LogP contribution >= 0.6 is 23.4 Å². The molecule has 0 amide bonds. The van der Waals surface area contributed by atoms with Crippen molar-refractivity contribution in [2.24, 2.45) is 0 Å². The molecule has 0 radical (unpaired) electrons. The molecule has 3 rings (SSSR count). The van der Waals surface area contributed by atoms with Gasteiger partial charge in [0.2, 0.25) is 0 Å². The molecular weight excluding hydrogens is 372 g/mol. The van der Waals surface area contributed by atoms with E-state index in [0.29, 0.717) is 17.4 Å². The fraction of sp³-hybridized carbons (Fsp3) is 0.316. The summed E-state index contributed by atoms with van der Waals surface area (Å²) < 4.78 is 18.2. The molecule has 26 heavy (non-hydrogen) atoms. The van der Waals surface area contributed by atoms with Crippen LogP contribution in [-0.4, -0.2) is 37.5 Å². The number of ether oxygens (including phenoxy) is 3. The van der Waals surface area contributed by atoms with Gasteiger partial charge in [-0.2, -0.15) is 0 Å². The Morgan fingerprint density at radius 1 is 1.08 bits per heavy atom. The van der Waals surface area contributed by atoms with Crippen molar-refractivity contribution >= 4 is 34.4 Å². The Morgan fingerprint density at radius 3 is 2.65 bits per heavy atom. The van der Waals surface area contributed by atoms with Crippen LogP contribution in [0.5, 0.6) is 11.5 Å². The third-order valence-electron chi connectivity index (χ3n) is 4.04. The SMILES string of the molecule is COCCn1c(SCc2cc(OC)ccc2OC)nc2cc(Cl)ccc21. The van der Waals surface area contributed by atoms with Crippen molar-refractivity contribution in [1.82, 2.24) is 9.55 Å². The number of hydrogen-bond donors (Lipinski definition) is 0. The Hall–Kier alpha value is -1.89. The third kappa shape index (κ3) is 4.09. The number of fused-ring (bicyclic) bond motifs is 1. The zero-order chi connectivity index (χ0) is 18.5. The van der Waals surface area contributed by atoms with E-state index in [4.69, 9.17) is 30.8 Å². The highest BCUT2D eigenvalue weighted by molar-refractivity contribution is 7.98. The molecule has 1 aromatic heterocycles. The largest absolute Gasteiger partial charge is 0.497 e. The number of rotatable bonds is 8. The quantitative estimate of drug-likeness (QED) is 0.522. The normalized spacial score (nSPS) is 11.1. The van der Waals surface area contributed by atoms with Crippen LogP contribution in [0.2, 0.25) is 5.02 Å². The Kier molecular flexibility index (Phi) is 6.29. The standard InChI is InChI=1S/C19H21ClN2O3S/c1-23-9-8-22-17-6-4-14(20)11-16(17)21-19(22)26-12-13-10-15(24-2)5-7-18(13)25-3/h4-7,10-11H,8-9,12H2,1-3H3. The van der Waals surface area contributed by atoms with Crippen LogP contribution in [0.3, 0.4) is 0 Å². The molecule has 0 aliphatic rings. The average molecular weight is 393 g/mol. The van der Waals surface area contributed by atoms with E-state index in [1.807, 2.05) is 36.4 Å². The summed E-state index contributed by atoms with van der Waals surface area (Å²) in [4.78, 5) is 4.75. The minimum absolute atomic E-state index is 0.615. The van der Waals surface area contributed by atoms with Gasteiger partial charge < -0.3 is 18.8 Å². The van der Waals surface area contributed by atoms with E-state index < -0.39 is 0 Å². The Balaban J connectivity index is 1.90. The highest BCUT2D eigenvalue weighted by atomic mass is 35.5. The van der Waals surface area contributed by atoms with E-state index in [-0.39, 0.29) is 0 Å². The first kappa shape index (κ1) is 18.9. The monoisotopic (exact) mass is 392 g/mol. The van der Waals surface area contributed by atoms with E-state index in [9.17, 15) is 0 Å². The summed E-state index contributed by atoms with van der Waals surface area (Å²) in [5, 5.41) is 1.60. The Morgan fingerprint density at radius 2 is 1.92 bits per heavy atom. The average Bonchev–Trinajstić information content (AvgIpc) is 3.00. The zero-order valence-electron chi connectivity index (χ0n) is 15.0. The number of hydrogen-bond acceptors (Lipinski definition) is 5. The fourth-order valence-electron chi connectivity index (χ4n) is 2.73. The van der Waals surface area contributed by atoms with Gasteiger partial charge in [-0.15, -0.1) is 0 Å². The van der Waals surface area contributed by atoms with E-state index in [2.05, 4.69) is 4.57 Å². The van der Waals surface area contributed by atoms with Crippen molar-refractivity contribution in [1.29, 1.82) is 0 Å². The minimum Gasteiger partial charge on any atom is -0.497 e. The third-order valence-corrected chi connectivity index (χ3v) is 5.30. The lowest BCUT2D eigenvalue weighted by Gasteiger charge is -2.11. The van der Waals surface area contributed by atoms with Crippen LogP contribution in [0, 0.1) is 0 Å². The molecule has 7 heteroatoms. The Labute approximate surface area is 162 Å². The molecule has 3 aromatic rings. The van der Waals surface area contributed by atoms with E-state index >= 15 is 0 Å². The fourth-order valence-corrected chi connectivity index (χ4v) is 3.91. The Bertz CT molecular complexity index is 898. The molecule has 0 unspecified atom stereocenters. The second-order valence-corrected chi connectivity index (χ2v) is 7.02. The second kappa shape index (κ2) is 8.66. The molecule has 0 aliphatic carbocycles. The van der Waals surface area contributed by atoms with E-state index in [1.54, 1.807) is 33.1 Å². The van der Waals surface area contributed by atoms with Gasteiger partial charge in [0.1, 0.15) is 11.5 Å². The smallest absolute Gasteiger partial charge is 0.169 e. The molecular formula is C19H21ClN2O3S. The van der Waals surface area contributed by atoms with Gasteiger partial charge in [-0.1, -0.05) is 23.4 Å². The van der Waals surface area contributed by atoms with Crippen LogP contribution in [0.15, 0.2) is 41.6 Å². The van der Waals surface area contributed by atoms with Crippen LogP contribution in [-0.2, 0) is 17.0 Å². The summed E-state index contributed by atoms with van der Waals surface area (Å²) in [7, 11) is 5.03. The van der Waals surface area contributed by atoms with Gasteiger partial charge in [0.15, 0.2) is 5.16 Å². The van der Waals surface area contributed by atoms with Gasteiger partial charge in [0.25, 0.3) is 0 Å². The molecule has 138 valence electrons. The zero-order valence-corrected chi connectivity index (χ0v) is 16.6. The van der Waals surface area contributed by atoms with Gasteiger partial charge in [-0.3, -0.25) is 0 Å². The number of imidazole rings is 1. The number of methoxy groups -OCH3 is 3. The van der Waals surface area contributed by atoms with Gasteiger partial charge >= 0.3 is 0 Å². The lowest BCUT2D eigenvalue weighted by Crippen LogP contribution is -2.05. The van der Waals surface area contributed by atoms with Gasteiger partial charge in [-0.05, 0) is 36.4 Å². The van der Waals surface area contributed by atoms with Crippen molar-refractivity contribution in [2.45, 2.75) is 17.5 Å². The first-order valence-electron chi connectivity index (χ1n) is 8.14. The highest BCUT2D eigenvalue weighted by Crippen LogP contribution is 2.32. The molecule has 0 saturated carbocycles. The maximum Gasteiger partial charge on any atom is 0.169 e. The molecule has 0 saturated heterocycles. The summed E-state index contributed by atoms with van der Waals surface area (Å²) in [6, 6.07) is 11.6. The number of halogens is 1. The van der Waals surface area contributed by atoms with Crippen LogP contribution in [0.1, 0.15) is 5.56 Å². The second-order valence-electron chi connectivity index (χ2n) is 5.64. The molecule has 2 aromatic carbocycles. The van der Waals surface area contributed by atoms with E-state index in [0.717, 1.165) is 39.8 Å². The summed E-state index contributed by atoms with van der Waals surface area (Å²) in [6.07, 6.45) is 0. The van der Waals surface area contributed by atoms with Crippen molar-refractivity contribution < 1.29 is 14.2 Å². The molecule has 0 spiro atoms. The van der Waals surface area contributed by atoms with Crippen molar-refractivity contribution in [2.75, 3.05) is 27.9 Å². The highest BCUT2D eigenvalue weighted by Gasteiger charge is 2.13. The summed E-state index contributed by atoms with van der Waals surface area (Å²) >= 11 is 7.77. The van der Waals surface area contributed by atoms with Gasteiger partial charge in [0.05, 0.1) is 31.9 Å². The first-order chi connectivity index (χ1) is 12.7. The van der Waals surface area contributed by atoms with Crippen LogP contribution < -0.4 is 9.47 Å². The predicted octanol–water partition coefficient (Wildman–Crippen LogP) is 4.65.